The summed E-state index contributed by atoms with van der Waals surface area (Å²) in [6.45, 7) is 24.2. The van der Waals surface area contributed by atoms with Crippen molar-refractivity contribution in [1.82, 2.24) is 0 Å². The van der Waals surface area contributed by atoms with Crippen LogP contribution in [-0.4, -0.2) is 0 Å². The Morgan fingerprint density at radius 1 is 0.900 bits per heavy atom. The summed E-state index contributed by atoms with van der Waals surface area (Å²) >= 11 is 0. The second kappa shape index (κ2) is 17.0. The van der Waals surface area contributed by atoms with Gasteiger partial charge >= 0.3 is 0 Å². The zero-order valence-corrected chi connectivity index (χ0v) is 28.7. The summed E-state index contributed by atoms with van der Waals surface area (Å²) in [5.41, 5.74) is 7.38. The fraction of sp³-hybridized carbons (Fsp3) is 0.750. The molecule has 0 saturated carbocycles. The molecule has 0 nitrogen and oxygen atoms in total. The highest BCUT2D eigenvalue weighted by atomic mass is 14.4. The van der Waals surface area contributed by atoms with Crippen molar-refractivity contribution in [2.45, 2.75) is 159 Å². The van der Waals surface area contributed by atoms with Crippen LogP contribution in [0.15, 0.2) is 58.7 Å². The fourth-order valence-corrected chi connectivity index (χ4v) is 7.56. The van der Waals surface area contributed by atoms with Crippen molar-refractivity contribution >= 4 is 0 Å². The van der Waals surface area contributed by atoms with E-state index < -0.39 is 0 Å². The molecule has 0 fully saturated rings. The van der Waals surface area contributed by atoms with Gasteiger partial charge in [0.25, 0.3) is 0 Å². The highest BCUT2D eigenvalue weighted by Gasteiger charge is 2.32. The average Bonchev–Trinajstić information content (AvgIpc) is 2.85. The molecule has 0 aromatic rings. The summed E-state index contributed by atoms with van der Waals surface area (Å²) in [7, 11) is 0. The van der Waals surface area contributed by atoms with E-state index in [0.29, 0.717) is 10.8 Å². The lowest BCUT2D eigenvalue weighted by Crippen LogP contribution is -2.28. The molecule has 0 heteroatoms. The maximum atomic E-state index is 2.49. The smallest absolute Gasteiger partial charge is 0.0142 e. The molecule has 228 valence electrons. The third-order valence-electron chi connectivity index (χ3n) is 10.6. The van der Waals surface area contributed by atoms with E-state index in [0.717, 1.165) is 23.7 Å². The molecule has 2 rings (SSSR count). The first kappa shape index (κ1) is 34.9. The fourth-order valence-electron chi connectivity index (χ4n) is 7.56. The van der Waals surface area contributed by atoms with E-state index in [9.17, 15) is 0 Å². The Hall–Kier alpha value is -1.30. The Kier molecular flexibility index (Phi) is 14.8. The lowest BCUT2D eigenvalue weighted by molar-refractivity contribution is 0.194. The van der Waals surface area contributed by atoms with Crippen LogP contribution in [0.25, 0.3) is 0 Å². The normalized spacial score (nSPS) is 24.0. The van der Waals surface area contributed by atoms with Gasteiger partial charge in [0.05, 0.1) is 0 Å². The van der Waals surface area contributed by atoms with Crippen LogP contribution in [0.1, 0.15) is 159 Å². The van der Waals surface area contributed by atoms with Crippen molar-refractivity contribution < 1.29 is 0 Å². The molecule has 0 N–H and O–H groups in total. The molecule has 0 radical (unpaired) electrons. The minimum absolute atomic E-state index is 0.437. The maximum absolute atomic E-state index is 2.49. The zero-order valence-electron chi connectivity index (χ0n) is 28.7. The second-order valence-electron chi connectivity index (χ2n) is 15.6. The van der Waals surface area contributed by atoms with Crippen LogP contribution in [-0.2, 0) is 0 Å². The van der Waals surface area contributed by atoms with Crippen molar-refractivity contribution in [2.24, 2.45) is 34.5 Å². The van der Waals surface area contributed by atoms with Gasteiger partial charge in [-0.1, -0.05) is 126 Å². The molecular formula is C40H68. The summed E-state index contributed by atoms with van der Waals surface area (Å²) in [6.07, 6.45) is 32.8. The molecule has 2 aliphatic carbocycles. The van der Waals surface area contributed by atoms with Gasteiger partial charge in [0, 0.05) is 0 Å². The van der Waals surface area contributed by atoms with Gasteiger partial charge in [-0.3, -0.25) is 0 Å². The Morgan fingerprint density at radius 3 is 2.27 bits per heavy atom. The van der Waals surface area contributed by atoms with Crippen LogP contribution in [0, 0.1) is 34.5 Å². The molecule has 0 aromatic carbocycles. The van der Waals surface area contributed by atoms with Crippen LogP contribution in [0.2, 0.25) is 0 Å². The highest BCUT2D eigenvalue weighted by Crippen LogP contribution is 2.44. The van der Waals surface area contributed by atoms with E-state index in [1.54, 1.807) is 16.7 Å². The molecule has 0 bridgehead atoms. The Morgan fingerprint density at radius 2 is 1.57 bits per heavy atom. The van der Waals surface area contributed by atoms with Crippen molar-refractivity contribution in [1.29, 1.82) is 0 Å². The number of rotatable bonds is 16. The zero-order chi connectivity index (χ0) is 29.8. The van der Waals surface area contributed by atoms with E-state index >= 15 is 0 Å². The average molecular weight is 549 g/mol. The Labute approximate surface area is 252 Å². The molecule has 0 amide bonds. The molecule has 0 spiro atoms. The van der Waals surface area contributed by atoms with Gasteiger partial charge in [-0.05, 0) is 126 Å². The minimum Gasteiger partial charge on any atom is -0.0853 e. The predicted octanol–water partition coefficient (Wildman–Crippen LogP) is 13.4. The molecule has 0 aromatic heterocycles. The third kappa shape index (κ3) is 12.3. The predicted molar refractivity (Wildman–Crippen MR) is 182 cm³/mol. The lowest BCUT2D eigenvalue weighted by atomic mass is 9.66. The SMILES string of the molecule is CC1=CCCC(C)(C)[C@H]1CCC(C)C\C=C/C(C)=C/C=C/CC(C)CCCC(C)CCC1=C(C)CCCC1(C)C. The van der Waals surface area contributed by atoms with E-state index in [4.69, 9.17) is 0 Å². The molecule has 2 aliphatic rings. The van der Waals surface area contributed by atoms with Gasteiger partial charge in [0.1, 0.15) is 0 Å². The van der Waals surface area contributed by atoms with E-state index in [1.807, 2.05) is 0 Å². The summed E-state index contributed by atoms with van der Waals surface area (Å²) < 4.78 is 0. The van der Waals surface area contributed by atoms with Crippen LogP contribution in [0.3, 0.4) is 0 Å². The molecule has 0 heterocycles. The van der Waals surface area contributed by atoms with Crippen molar-refractivity contribution in [2.75, 3.05) is 0 Å². The summed E-state index contributed by atoms with van der Waals surface area (Å²) in [4.78, 5) is 0. The van der Waals surface area contributed by atoms with Gasteiger partial charge in [-0.25, -0.2) is 0 Å². The Balaban J connectivity index is 1.60. The largest absolute Gasteiger partial charge is 0.0853 e. The first-order chi connectivity index (χ1) is 18.8. The van der Waals surface area contributed by atoms with E-state index in [2.05, 4.69) is 106 Å². The van der Waals surface area contributed by atoms with Crippen LogP contribution in [0.5, 0.6) is 0 Å². The maximum Gasteiger partial charge on any atom is -0.0142 e. The molecule has 40 heavy (non-hydrogen) atoms. The molecule has 0 aliphatic heterocycles. The van der Waals surface area contributed by atoms with E-state index in [-0.39, 0.29) is 0 Å². The monoisotopic (exact) mass is 549 g/mol. The van der Waals surface area contributed by atoms with Gasteiger partial charge in [0.15, 0.2) is 0 Å². The summed E-state index contributed by atoms with van der Waals surface area (Å²) in [6, 6.07) is 0. The number of hydrogen-bond acceptors (Lipinski definition) is 0. The minimum atomic E-state index is 0.437. The topological polar surface area (TPSA) is 0 Å². The van der Waals surface area contributed by atoms with Crippen LogP contribution < -0.4 is 0 Å². The molecule has 0 saturated heterocycles. The number of allylic oxidation sites excluding steroid dienone is 10. The molecule has 4 atom stereocenters. The first-order valence-electron chi connectivity index (χ1n) is 17.2. The van der Waals surface area contributed by atoms with Crippen LogP contribution >= 0.6 is 0 Å². The number of hydrogen-bond donors (Lipinski definition) is 0. The quantitative estimate of drug-likeness (QED) is 0.133. The van der Waals surface area contributed by atoms with Gasteiger partial charge in [0.2, 0.25) is 0 Å². The first-order valence-corrected chi connectivity index (χ1v) is 17.2. The summed E-state index contributed by atoms with van der Waals surface area (Å²) in [5, 5.41) is 0. The summed E-state index contributed by atoms with van der Waals surface area (Å²) in [5.74, 6) is 3.16. The standard InChI is InChI=1S/C40H68/c1-31(19-13-21-33(3)25-27-37-35(5)23-15-29-39(37,7)8)17-11-12-18-32(2)20-14-22-34(4)26-28-38-36(6)24-16-30-40(38,9)10/h11-13,17,19,23,32-34,37H,14-16,18,20-22,24-30H2,1-10H3/b12-11+,19-13-,31-17+/t32?,33?,34?,37-/m0/s1. The van der Waals surface area contributed by atoms with Crippen molar-refractivity contribution in [3.63, 3.8) is 0 Å². The van der Waals surface area contributed by atoms with Crippen molar-refractivity contribution in [3.8, 4) is 0 Å². The highest BCUT2D eigenvalue weighted by molar-refractivity contribution is 5.23. The molecular weight excluding hydrogens is 480 g/mol. The van der Waals surface area contributed by atoms with Gasteiger partial charge in [-0.15, -0.1) is 0 Å². The third-order valence-corrected chi connectivity index (χ3v) is 10.6. The molecule has 3 unspecified atom stereocenters. The van der Waals surface area contributed by atoms with E-state index in [1.165, 1.54) is 95.5 Å². The Bertz CT molecular complexity index is 898. The van der Waals surface area contributed by atoms with Crippen LogP contribution in [0.4, 0.5) is 0 Å². The van der Waals surface area contributed by atoms with Gasteiger partial charge in [-0.2, -0.15) is 0 Å². The lowest BCUT2D eigenvalue weighted by Gasteiger charge is -2.39. The van der Waals surface area contributed by atoms with Crippen molar-refractivity contribution in [3.05, 3.63) is 58.7 Å². The van der Waals surface area contributed by atoms with Gasteiger partial charge < -0.3 is 0 Å². The second-order valence-corrected chi connectivity index (χ2v) is 15.6.